The molecule has 4 aliphatic heterocycles. The zero-order chi connectivity index (χ0) is 19.3. The van der Waals surface area contributed by atoms with E-state index in [-0.39, 0.29) is 12.1 Å². The lowest BCUT2D eigenvalue weighted by atomic mass is 9.97. The summed E-state index contributed by atoms with van der Waals surface area (Å²) in [6.07, 6.45) is -2.24. The molecule has 0 saturated carbocycles. The molecule has 9 heteroatoms. The number of nitrogens with zero attached hydrogens (tertiary/aromatic N) is 1. The van der Waals surface area contributed by atoms with Gasteiger partial charge < -0.3 is 23.7 Å². The average molecular weight is 391 g/mol. The van der Waals surface area contributed by atoms with Gasteiger partial charge in [-0.25, -0.2) is 8.42 Å². The summed E-state index contributed by atoms with van der Waals surface area (Å²) in [6.45, 7) is 12.9. The van der Waals surface area contributed by atoms with E-state index in [1.807, 2.05) is 27.7 Å². The Bertz CT molecular complexity index is 698. The van der Waals surface area contributed by atoms with E-state index < -0.39 is 50.9 Å². The summed E-state index contributed by atoms with van der Waals surface area (Å²) in [5, 5.41) is 0. The molecule has 4 fully saturated rings. The van der Waals surface area contributed by atoms with Crippen molar-refractivity contribution in [3.63, 3.8) is 0 Å². The first-order chi connectivity index (χ1) is 11.7. The van der Waals surface area contributed by atoms with Crippen LogP contribution in [0.25, 0.3) is 0 Å². The topological polar surface area (TPSA) is 83.3 Å². The molecule has 4 aliphatic rings. The van der Waals surface area contributed by atoms with Crippen molar-refractivity contribution in [3.8, 4) is 0 Å². The maximum atomic E-state index is 12.8. The van der Waals surface area contributed by atoms with Crippen molar-refractivity contribution in [3.05, 3.63) is 0 Å². The van der Waals surface area contributed by atoms with Gasteiger partial charge in [-0.3, -0.25) is 0 Å². The third-order valence-corrected chi connectivity index (χ3v) is 7.84. The summed E-state index contributed by atoms with van der Waals surface area (Å²) in [6, 6.07) is -0.280. The highest BCUT2D eigenvalue weighted by Gasteiger charge is 2.66. The fraction of sp³-hybridized carbons (Fsp3) is 1.00. The van der Waals surface area contributed by atoms with Gasteiger partial charge in [-0.05, 0) is 48.5 Å². The van der Waals surface area contributed by atoms with E-state index in [4.69, 9.17) is 23.7 Å². The van der Waals surface area contributed by atoms with Crippen LogP contribution in [0, 0.1) is 0 Å². The van der Waals surface area contributed by atoms with Gasteiger partial charge in [-0.15, -0.1) is 0 Å². The summed E-state index contributed by atoms with van der Waals surface area (Å²) in [5.41, 5.74) is 0. The molecular formula is C17H29NO7S. The van der Waals surface area contributed by atoms with E-state index in [9.17, 15) is 8.42 Å². The molecule has 7 atom stereocenters. The van der Waals surface area contributed by atoms with E-state index >= 15 is 0 Å². The van der Waals surface area contributed by atoms with Gasteiger partial charge in [0.2, 0.25) is 10.0 Å². The molecule has 8 nitrogen and oxygen atoms in total. The lowest BCUT2D eigenvalue weighted by Gasteiger charge is -2.37. The second kappa shape index (κ2) is 5.40. The van der Waals surface area contributed by atoms with Gasteiger partial charge in [-0.1, -0.05) is 0 Å². The Morgan fingerprint density at radius 2 is 1.35 bits per heavy atom. The lowest BCUT2D eigenvalue weighted by Crippen LogP contribution is -2.57. The van der Waals surface area contributed by atoms with Gasteiger partial charge in [0.05, 0.1) is 10.8 Å². The van der Waals surface area contributed by atoms with Crippen LogP contribution in [0.3, 0.4) is 0 Å². The van der Waals surface area contributed by atoms with Crippen LogP contribution < -0.4 is 0 Å². The van der Waals surface area contributed by atoms with E-state index in [2.05, 4.69) is 0 Å². The van der Waals surface area contributed by atoms with E-state index in [0.717, 1.165) is 0 Å². The van der Waals surface area contributed by atoms with Crippen molar-refractivity contribution >= 4 is 10.0 Å². The van der Waals surface area contributed by atoms with E-state index in [0.29, 0.717) is 6.54 Å². The van der Waals surface area contributed by atoms with Gasteiger partial charge in [0, 0.05) is 6.54 Å². The predicted molar refractivity (Wildman–Crippen MR) is 91.7 cm³/mol. The lowest BCUT2D eigenvalue weighted by molar-refractivity contribution is -0.234. The minimum Gasteiger partial charge on any atom is -0.342 e. The quantitative estimate of drug-likeness (QED) is 0.654. The predicted octanol–water partition coefficient (Wildman–Crippen LogP) is 1.20. The molecule has 4 heterocycles. The number of sulfonamides is 1. The Hall–Kier alpha value is -0.290. The summed E-state index contributed by atoms with van der Waals surface area (Å²) in [4.78, 5) is 0. The molecule has 4 saturated heterocycles. The molecule has 4 rings (SSSR count). The van der Waals surface area contributed by atoms with Crippen molar-refractivity contribution < 1.29 is 32.1 Å². The number of hydrogen-bond donors (Lipinski definition) is 0. The molecule has 0 amide bonds. The van der Waals surface area contributed by atoms with Crippen LogP contribution in [-0.2, 0) is 33.7 Å². The smallest absolute Gasteiger partial charge is 0.219 e. The molecule has 0 radical (unpaired) electrons. The van der Waals surface area contributed by atoms with Crippen LogP contribution in [0.4, 0.5) is 0 Å². The van der Waals surface area contributed by atoms with E-state index in [1.54, 1.807) is 20.8 Å². The Balaban J connectivity index is 1.60. The first-order valence-electron chi connectivity index (χ1n) is 9.10. The second-order valence-corrected chi connectivity index (χ2v) is 12.0. The third kappa shape index (κ3) is 2.92. The number of rotatable bonds is 2. The Labute approximate surface area is 155 Å². The SMILES string of the molecule is CC1(C)OC2OC(C3CN3S(=O)(=O)C(C)(C)C)C3OC(C)(C)OC3C2O1. The average Bonchev–Trinajstić information content (AvgIpc) is 3.09. The van der Waals surface area contributed by atoms with Crippen LogP contribution in [0.15, 0.2) is 0 Å². The van der Waals surface area contributed by atoms with E-state index in [1.165, 1.54) is 4.31 Å². The van der Waals surface area contributed by atoms with Crippen LogP contribution in [0.2, 0.25) is 0 Å². The first-order valence-corrected chi connectivity index (χ1v) is 10.5. The maximum absolute atomic E-state index is 12.8. The van der Waals surface area contributed by atoms with Crippen LogP contribution in [-0.4, -0.2) is 72.3 Å². The standard InChI is InChI=1S/C17H29NO7S/c1-15(2,3)26(19,20)18-8-9(18)10-11-12(23-16(4,5)22-11)13-14(21-10)25-17(6,7)24-13/h9-14H,8H2,1-7H3. The zero-order valence-corrected chi connectivity index (χ0v) is 17.2. The molecule has 0 aromatic carbocycles. The van der Waals surface area contributed by atoms with Gasteiger partial charge in [0.1, 0.15) is 24.4 Å². The number of hydrogen-bond acceptors (Lipinski definition) is 7. The highest BCUT2D eigenvalue weighted by Crippen LogP contribution is 2.47. The summed E-state index contributed by atoms with van der Waals surface area (Å²) >= 11 is 0. The fourth-order valence-electron chi connectivity index (χ4n) is 3.99. The minimum absolute atomic E-state index is 0.280. The van der Waals surface area contributed by atoms with Crippen molar-refractivity contribution in [2.45, 2.75) is 102 Å². The third-order valence-electron chi connectivity index (χ3n) is 5.26. The van der Waals surface area contributed by atoms with Crippen LogP contribution in [0.5, 0.6) is 0 Å². The number of ether oxygens (including phenoxy) is 5. The molecule has 0 bridgehead atoms. The summed E-state index contributed by atoms with van der Waals surface area (Å²) in [7, 11) is -3.42. The van der Waals surface area contributed by atoms with Crippen LogP contribution >= 0.6 is 0 Å². The largest absolute Gasteiger partial charge is 0.342 e. The summed E-state index contributed by atoms with van der Waals surface area (Å²) in [5.74, 6) is -1.57. The Kier molecular flexibility index (Phi) is 3.96. The molecule has 7 unspecified atom stereocenters. The normalized spacial score (nSPS) is 46.7. The van der Waals surface area contributed by atoms with Crippen molar-refractivity contribution in [1.82, 2.24) is 4.31 Å². The first kappa shape index (κ1) is 19.0. The summed E-state index contributed by atoms with van der Waals surface area (Å²) < 4.78 is 56.3. The van der Waals surface area contributed by atoms with Gasteiger partial charge in [-0.2, -0.15) is 4.31 Å². The molecule has 26 heavy (non-hydrogen) atoms. The van der Waals surface area contributed by atoms with Crippen molar-refractivity contribution in [2.75, 3.05) is 6.54 Å². The number of fused-ring (bicyclic) bond motifs is 3. The van der Waals surface area contributed by atoms with Gasteiger partial charge in [0.15, 0.2) is 17.9 Å². The van der Waals surface area contributed by atoms with Crippen LogP contribution in [0.1, 0.15) is 48.5 Å². The molecule has 0 spiro atoms. The maximum Gasteiger partial charge on any atom is 0.219 e. The molecule has 150 valence electrons. The Morgan fingerprint density at radius 3 is 1.92 bits per heavy atom. The molecular weight excluding hydrogens is 362 g/mol. The van der Waals surface area contributed by atoms with Crippen molar-refractivity contribution in [1.29, 1.82) is 0 Å². The van der Waals surface area contributed by atoms with Gasteiger partial charge in [0.25, 0.3) is 0 Å². The molecule has 0 aliphatic carbocycles. The highest BCUT2D eigenvalue weighted by atomic mass is 32.2. The molecule has 0 aromatic heterocycles. The Morgan fingerprint density at radius 1 is 0.846 bits per heavy atom. The second-order valence-electron chi connectivity index (χ2n) is 9.39. The highest BCUT2D eigenvalue weighted by molar-refractivity contribution is 7.90. The molecule has 0 N–H and O–H groups in total. The van der Waals surface area contributed by atoms with Crippen molar-refractivity contribution in [2.24, 2.45) is 0 Å². The molecule has 0 aromatic rings. The minimum atomic E-state index is -3.42. The zero-order valence-electron chi connectivity index (χ0n) is 16.4. The van der Waals surface area contributed by atoms with Gasteiger partial charge >= 0.3 is 0 Å². The monoisotopic (exact) mass is 391 g/mol. The fourth-order valence-corrected chi connectivity index (χ4v) is 5.51.